The van der Waals surface area contributed by atoms with Crippen LogP contribution in [0.25, 0.3) is 28.0 Å². The first-order chi connectivity index (χ1) is 18.3. The Bertz CT molecular complexity index is 1510. The highest BCUT2D eigenvalue weighted by atomic mass is 16.5. The van der Waals surface area contributed by atoms with E-state index in [1.807, 2.05) is 65.5 Å². The Morgan fingerprint density at radius 1 is 1.08 bits per heavy atom. The molecule has 1 aliphatic heterocycles. The van der Waals surface area contributed by atoms with Gasteiger partial charge in [-0.1, -0.05) is 32.0 Å². The van der Waals surface area contributed by atoms with Crippen LogP contribution >= 0.6 is 0 Å². The van der Waals surface area contributed by atoms with Gasteiger partial charge >= 0.3 is 5.97 Å². The topological polar surface area (TPSA) is 84.9 Å². The highest BCUT2D eigenvalue weighted by molar-refractivity contribution is 5.80. The average Bonchev–Trinajstić information content (AvgIpc) is 3.48. The number of nitrogens with zero attached hydrogens (tertiary/aromatic N) is 5. The van der Waals surface area contributed by atoms with E-state index in [1.54, 1.807) is 4.68 Å². The summed E-state index contributed by atoms with van der Waals surface area (Å²) in [6, 6.07) is 10.3. The van der Waals surface area contributed by atoms with Crippen LogP contribution in [-0.2, 0) is 16.6 Å². The molecule has 1 fully saturated rings. The minimum Gasteiger partial charge on any atom is -0.479 e. The van der Waals surface area contributed by atoms with Crippen LogP contribution in [-0.4, -0.2) is 48.9 Å². The Morgan fingerprint density at radius 3 is 2.38 bits per heavy atom. The standard InChI is InChI=1S/C31H39N5O3/c1-20-15-25-33-24(22-10-8-9-21(16-22)23-17-32-34(7)18-23)19-36(25)28(35-13-11-31(5,6)12-14-35)26(20)27(29(37)38)39-30(2,3)4/h8-10,15-19,27H,11-14H2,1-7H3,(H,37,38). The summed E-state index contributed by atoms with van der Waals surface area (Å²) in [5, 5.41) is 14.7. The van der Waals surface area contributed by atoms with Crippen molar-refractivity contribution >= 4 is 17.4 Å². The number of anilines is 1. The summed E-state index contributed by atoms with van der Waals surface area (Å²) in [6.45, 7) is 13.9. The second-order valence-electron chi connectivity index (χ2n) is 12.5. The van der Waals surface area contributed by atoms with Crippen molar-refractivity contribution < 1.29 is 14.6 Å². The zero-order chi connectivity index (χ0) is 28.1. The van der Waals surface area contributed by atoms with E-state index in [0.29, 0.717) is 5.56 Å². The van der Waals surface area contributed by atoms with Crippen molar-refractivity contribution in [1.82, 2.24) is 19.2 Å². The molecule has 1 saturated heterocycles. The molecule has 5 rings (SSSR count). The van der Waals surface area contributed by atoms with E-state index in [-0.39, 0.29) is 5.41 Å². The number of carbonyl (C=O) groups is 1. The lowest BCUT2D eigenvalue weighted by molar-refractivity contribution is -0.160. The van der Waals surface area contributed by atoms with Crippen LogP contribution in [0.4, 0.5) is 5.82 Å². The van der Waals surface area contributed by atoms with Gasteiger partial charge < -0.3 is 14.7 Å². The van der Waals surface area contributed by atoms with Gasteiger partial charge in [-0.25, -0.2) is 9.78 Å². The minimum absolute atomic E-state index is 0.251. The Kier molecular flexibility index (Phi) is 6.79. The van der Waals surface area contributed by atoms with E-state index >= 15 is 0 Å². The molecular weight excluding hydrogens is 490 g/mol. The van der Waals surface area contributed by atoms with Gasteiger partial charge in [0, 0.05) is 49.2 Å². The summed E-state index contributed by atoms with van der Waals surface area (Å²) in [5.41, 5.74) is 5.90. The van der Waals surface area contributed by atoms with Crippen LogP contribution < -0.4 is 4.90 Å². The fourth-order valence-corrected chi connectivity index (χ4v) is 5.37. The van der Waals surface area contributed by atoms with Crippen molar-refractivity contribution in [1.29, 1.82) is 0 Å². The lowest BCUT2D eigenvalue weighted by Gasteiger charge is -2.40. The Balaban J connectivity index is 1.68. The number of fused-ring (bicyclic) bond motifs is 1. The molecule has 1 N–H and O–H groups in total. The van der Waals surface area contributed by atoms with Gasteiger partial charge in [-0.05, 0) is 69.2 Å². The van der Waals surface area contributed by atoms with Crippen molar-refractivity contribution in [2.45, 2.75) is 66.1 Å². The molecule has 1 aromatic carbocycles. The summed E-state index contributed by atoms with van der Waals surface area (Å²) in [5.74, 6) is -0.130. The van der Waals surface area contributed by atoms with Crippen LogP contribution in [0.3, 0.4) is 0 Å². The van der Waals surface area contributed by atoms with Crippen LogP contribution in [0.15, 0.2) is 48.9 Å². The number of rotatable bonds is 6. The monoisotopic (exact) mass is 529 g/mol. The Morgan fingerprint density at radius 2 is 1.77 bits per heavy atom. The maximum absolute atomic E-state index is 12.6. The largest absolute Gasteiger partial charge is 0.479 e. The Hall–Kier alpha value is -3.65. The number of aliphatic carboxylic acids is 1. The fourth-order valence-electron chi connectivity index (χ4n) is 5.37. The van der Waals surface area contributed by atoms with Gasteiger partial charge in [0.25, 0.3) is 0 Å². The number of ether oxygens (including phenoxy) is 1. The van der Waals surface area contributed by atoms with Crippen molar-refractivity contribution in [2.75, 3.05) is 18.0 Å². The number of aromatic nitrogens is 4. The zero-order valence-electron chi connectivity index (χ0n) is 24.0. The van der Waals surface area contributed by atoms with E-state index in [4.69, 9.17) is 9.72 Å². The van der Waals surface area contributed by atoms with Gasteiger partial charge in [0.1, 0.15) is 11.5 Å². The molecule has 0 radical (unpaired) electrons. The van der Waals surface area contributed by atoms with Crippen LogP contribution in [0, 0.1) is 12.3 Å². The molecule has 8 nitrogen and oxygen atoms in total. The summed E-state index contributed by atoms with van der Waals surface area (Å²) in [6.07, 6.45) is 6.83. The van der Waals surface area contributed by atoms with E-state index in [9.17, 15) is 9.90 Å². The SMILES string of the molecule is Cc1cc2nc(-c3cccc(-c4cnn(C)c4)c3)cn2c(N2CCC(C)(C)CC2)c1C(OC(C)(C)C)C(=O)O. The quantitative estimate of drug-likeness (QED) is 0.317. The predicted octanol–water partition coefficient (Wildman–Crippen LogP) is 6.28. The number of carboxylic acid groups (broad SMARTS) is 1. The van der Waals surface area contributed by atoms with E-state index < -0.39 is 17.7 Å². The van der Waals surface area contributed by atoms with Crippen LogP contribution in [0.1, 0.15) is 64.7 Å². The maximum Gasteiger partial charge on any atom is 0.337 e. The summed E-state index contributed by atoms with van der Waals surface area (Å²) < 4.78 is 10.0. The number of imidazole rings is 1. The molecule has 0 saturated carbocycles. The molecule has 4 aromatic rings. The smallest absolute Gasteiger partial charge is 0.337 e. The molecule has 1 aliphatic rings. The average molecular weight is 530 g/mol. The van der Waals surface area contributed by atoms with Crippen molar-refractivity contribution in [2.24, 2.45) is 12.5 Å². The number of pyridine rings is 1. The first-order valence-corrected chi connectivity index (χ1v) is 13.6. The zero-order valence-corrected chi connectivity index (χ0v) is 24.0. The molecule has 0 amide bonds. The number of carboxylic acids is 1. The number of hydrogen-bond donors (Lipinski definition) is 1. The van der Waals surface area contributed by atoms with Crippen molar-refractivity contribution in [3.05, 3.63) is 60.0 Å². The molecular formula is C31H39N5O3. The van der Waals surface area contributed by atoms with Gasteiger partial charge in [-0.2, -0.15) is 5.10 Å². The van der Waals surface area contributed by atoms with Crippen molar-refractivity contribution in [3.63, 3.8) is 0 Å². The molecule has 1 unspecified atom stereocenters. The lowest BCUT2D eigenvalue weighted by atomic mass is 9.82. The third-order valence-corrected chi connectivity index (χ3v) is 7.54. The van der Waals surface area contributed by atoms with E-state index in [0.717, 1.165) is 65.3 Å². The molecule has 1 atom stereocenters. The van der Waals surface area contributed by atoms with E-state index in [1.165, 1.54) is 0 Å². The minimum atomic E-state index is -1.10. The molecule has 4 heterocycles. The van der Waals surface area contributed by atoms with Crippen LogP contribution in [0.2, 0.25) is 0 Å². The third-order valence-electron chi connectivity index (χ3n) is 7.54. The summed E-state index contributed by atoms with van der Waals surface area (Å²) in [7, 11) is 1.91. The van der Waals surface area contributed by atoms with Gasteiger partial charge in [-0.3, -0.25) is 9.08 Å². The molecule has 0 aliphatic carbocycles. The van der Waals surface area contributed by atoms with Gasteiger partial charge in [0.2, 0.25) is 0 Å². The predicted molar refractivity (Wildman–Crippen MR) is 154 cm³/mol. The first-order valence-electron chi connectivity index (χ1n) is 13.6. The normalized spacial score (nSPS) is 16.5. The molecule has 0 spiro atoms. The number of benzene rings is 1. The first kappa shape index (κ1) is 26.9. The van der Waals surface area contributed by atoms with E-state index in [2.05, 4.69) is 46.4 Å². The fraction of sp³-hybridized carbons (Fsp3) is 0.452. The summed E-state index contributed by atoms with van der Waals surface area (Å²) >= 11 is 0. The Labute approximate surface area is 230 Å². The summed E-state index contributed by atoms with van der Waals surface area (Å²) in [4.78, 5) is 20.0. The highest BCUT2D eigenvalue weighted by Crippen LogP contribution is 2.40. The lowest BCUT2D eigenvalue weighted by Crippen LogP contribution is -2.40. The molecule has 206 valence electrons. The maximum atomic E-state index is 12.6. The molecule has 8 heteroatoms. The van der Waals surface area contributed by atoms with Gasteiger partial charge in [-0.15, -0.1) is 0 Å². The van der Waals surface area contributed by atoms with Gasteiger partial charge in [0.05, 0.1) is 17.5 Å². The van der Waals surface area contributed by atoms with Crippen LogP contribution in [0.5, 0.6) is 0 Å². The molecule has 0 bridgehead atoms. The van der Waals surface area contributed by atoms with Crippen molar-refractivity contribution in [3.8, 4) is 22.4 Å². The third kappa shape index (κ3) is 5.57. The molecule has 39 heavy (non-hydrogen) atoms. The second-order valence-corrected chi connectivity index (χ2v) is 12.5. The number of piperidine rings is 1. The second kappa shape index (κ2) is 9.83. The number of aryl methyl sites for hydroxylation is 2. The highest BCUT2D eigenvalue weighted by Gasteiger charge is 2.35. The van der Waals surface area contributed by atoms with Gasteiger partial charge in [0.15, 0.2) is 6.10 Å². The number of hydrogen-bond acceptors (Lipinski definition) is 5. The molecule has 3 aromatic heterocycles.